The van der Waals surface area contributed by atoms with Gasteiger partial charge in [0.2, 0.25) is 0 Å². The van der Waals surface area contributed by atoms with Crippen molar-refractivity contribution < 1.29 is 13.2 Å². The molecule has 3 N–H and O–H groups in total. The normalized spacial score (nSPS) is 29.4. The molecule has 0 aliphatic carbocycles. The van der Waals surface area contributed by atoms with Crippen LogP contribution in [-0.4, -0.2) is 56.0 Å². The minimum atomic E-state index is -2.97. The molecule has 2 aliphatic rings. The maximum Gasteiger partial charge on any atom is 0.318 e. The summed E-state index contributed by atoms with van der Waals surface area (Å²) in [5.74, 6) is 0.201. The van der Waals surface area contributed by atoms with Crippen LogP contribution in [0.15, 0.2) is 0 Å². The smallest absolute Gasteiger partial charge is 0.318 e. The van der Waals surface area contributed by atoms with Gasteiger partial charge in [0.15, 0.2) is 9.84 Å². The lowest BCUT2D eigenvalue weighted by Gasteiger charge is -2.20. The third kappa shape index (κ3) is 2.95. The van der Waals surface area contributed by atoms with E-state index in [1.165, 1.54) is 0 Å². The zero-order chi connectivity index (χ0) is 13.2. The van der Waals surface area contributed by atoms with Gasteiger partial charge in [0, 0.05) is 6.54 Å². The number of unbranched alkanes of at least 4 members (excludes halogenated alkanes) is 3. The van der Waals surface area contributed by atoms with Crippen molar-refractivity contribution in [2.75, 3.05) is 24.6 Å². The van der Waals surface area contributed by atoms with Gasteiger partial charge in [-0.25, -0.2) is 13.2 Å². The van der Waals surface area contributed by atoms with Crippen LogP contribution in [0.4, 0.5) is 4.79 Å². The number of nitrogens with zero attached hydrogens (tertiary/aromatic N) is 1. The Bertz CT molecular complexity index is 410. The molecule has 2 saturated heterocycles. The molecule has 7 heteroatoms. The van der Waals surface area contributed by atoms with E-state index in [1.54, 1.807) is 4.90 Å². The average molecular weight is 275 g/mol. The minimum absolute atomic E-state index is 0.0904. The third-order valence-electron chi connectivity index (χ3n) is 3.65. The number of rotatable bonds is 6. The highest BCUT2D eigenvalue weighted by Gasteiger charge is 2.48. The fraction of sp³-hybridized carbons (Fsp3) is 0.909. The van der Waals surface area contributed by atoms with E-state index in [-0.39, 0.29) is 29.6 Å². The monoisotopic (exact) mass is 275 g/mol. The molecule has 0 radical (unpaired) electrons. The molecule has 2 fully saturated rings. The number of urea groups is 1. The van der Waals surface area contributed by atoms with Gasteiger partial charge in [-0.15, -0.1) is 0 Å². The van der Waals surface area contributed by atoms with Gasteiger partial charge in [-0.3, -0.25) is 0 Å². The van der Waals surface area contributed by atoms with Gasteiger partial charge in [-0.2, -0.15) is 0 Å². The van der Waals surface area contributed by atoms with Crippen LogP contribution >= 0.6 is 0 Å². The van der Waals surface area contributed by atoms with Crippen molar-refractivity contribution in [3.8, 4) is 0 Å². The number of nitrogens with two attached hydrogens (primary N) is 1. The summed E-state index contributed by atoms with van der Waals surface area (Å²) in [4.78, 5) is 13.4. The zero-order valence-corrected chi connectivity index (χ0v) is 11.3. The van der Waals surface area contributed by atoms with E-state index >= 15 is 0 Å². The van der Waals surface area contributed by atoms with Gasteiger partial charge in [-0.1, -0.05) is 12.8 Å². The second-order valence-electron chi connectivity index (χ2n) is 5.10. The molecule has 0 aromatic rings. The molecule has 104 valence electrons. The Kier molecular flexibility index (Phi) is 4.11. The lowest BCUT2D eigenvalue weighted by atomic mass is 10.1. The van der Waals surface area contributed by atoms with E-state index in [2.05, 4.69) is 5.32 Å². The summed E-state index contributed by atoms with van der Waals surface area (Å²) in [5, 5.41) is 2.76. The highest BCUT2D eigenvalue weighted by Crippen LogP contribution is 2.24. The molecule has 0 saturated carbocycles. The molecule has 0 unspecified atom stereocenters. The van der Waals surface area contributed by atoms with Crippen LogP contribution in [0.5, 0.6) is 0 Å². The summed E-state index contributed by atoms with van der Waals surface area (Å²) in [5.41, 5.74) is 5.41. The van der Waals surface area contributed by atoms with Crippen molar-refractivity contribution in [2.24, 2.45) is 5.73 Å². The summed E-state index contributed by atoms with van der Waals surface area (Å²) in [6, 6.07) is -0.470. The van der Waals surface area contributed by atoms with E-state index < -0.39 is 9.84 Å². The van der Waals surface area contributed by atoms with Gasteiger partial charge in [0.1, 0.15) is 0 Å². The quantitative estimate of drug-likeness (QED) is 0.514. The molecule has 2 atom stereocenters. The number of hydrogen-bond donors (Lipinski definition) is 2. The predicted octanol–water partition coefficient (Wildman–Crippen LogP) is -0.304. The summed E-state index contributed by atoms with van der Waals surface area (Å²) < 4.78 is 23.0. The Morgan fingerprint density at radius 3 is 2.67 bits per heavy atom. The van der Waals surface area contributed by atoms with Crippen LogP contribution in [0.2, 0.25) is 0 Å². The average Bonchev–Trinajstić information content (AvgIpc) is 2.71. The number of fused-ring (bicyclic) bond motifs is 1. The Balaban J connectivity index is 1.82. The molecule has 2 rings (SSSR count). The van der Waals surface area contributed by atoms with E-state index in [9.17, 15) is 13.2 Å². The molecule has 0 aromatic heterocycles. The Morgan fingerprint density at radius 1 is 1.22 bits per heavy atom. The van der Waals surface area contributed by atoms with Crippen LogP contribution in [0.1, 0.15) is 25.7 Å². The fourth-order valence-electron chi connectivity index (χ4n) is 2.71. The molecule has 0 aromatic carbocycles. The standard InChI is InChI=1S/C11H21N3O3S/c12-5-3-1-2-4-6-14-10-8-18(16,17)7-9(10)13-11(14)15/h9-10H,1-8,12H2,(H,13,15)/t9-,10-/m1/s1. The van der Waals surface area contributed by atoms with Crippen molar-refractivity contribution in [2.45, 2.75) is 37.8 Å². The number of carbonyl (C=O) groups is 1. The van der Waals surface area contributed by atoms with Gasteiger partial charge in [0.05, 0.1) is 23.6 Å². The molecule has 2 heterocycles. The maximum atomic E-state index is 11.7. The molecule has 2 aliphatic heterocycles. The first-order chi connectivity index (χ1) is 8.53. The molecular weight excluding hydrogens is 254 g/mol. The summed E-state index contributed by atoms with van der Waals surface area (Å²) in [7, 11) is -2.97. The molecular formula is C11H21N3O3S. The second kappa shape index (κ2) is 5.44. The van der Waals surface area contributed by atoms with Crippen molar-refractivity contribution in [3.05, 3.63) is 0 Å². The van der Waals surface area contributed by atoms with E-state index in [1.807, 2.05) is 0 Å². The topological polar surface area (TPSA) is 92.5 Å². The van der Waals surface area contributed by atoms with E-state index in [4.69, 9.17) is 5.73 Å². The number of carbonyl (C=O) groups excluding carboxylic acids is 1. The number of hydrogen-bond acceptors (Lipinski definition) is 4. The predicted molar refractivity (Wildman–Crippen MR) is 69.0 cm³/mol. The highest BCUT2D eigenvalue weighted by molar-refractivity contribution is 7.91. The van der Waals surface area contributed by atoms with Crippen molar-refractivity contribution >= 4 is 15.9 Å². The Hall–Kier alpha value is -0.820. The highest BCUT2D eigenvalue weighted by atomic mass is 32.2. The van der Waals surface area contributed by atoms with E-state index in [0.29, 0.717) is 13.1 Å². The molecule has 18 heavy (non-hydrogen) atoms. The van der Waals surface area contributed by atoms with Gasteiger partial charge < -0.3 is 16.0 Å². The minimum Gasteiger partial charge on any atom is -0.332 e. The third-order valence-corrected chi connectivity index (χ3v) is 5.36. The van der Waals surface area contributed by atoms with Crippen molar-refractivity contribution in [3.63, 3.8) is 0 Å². The van der Waals surface area contributed by atoms with Gasteiger partial charge >= 0.3 is 6.03 Å². The lowest BCUT2D eigenvalue weighted by molar-refractivity contribution is 0.205. The zero-order valence-electron chi connectivity index (χ0n) is 10.5. The molecule has 2 amide bonds. The summed E-state index contributed by atoms with van der Waals surface area (Å²) in [6.45, 7) is 1.35. The van der Waals surface area contributed by atoms with Gasteiger partial charge in [-0.05, 0) is 19.4 Å². The van der Waals surface area contributed by atoms with Crippen LogP contribution in [0.3, 0.4) is 0 Å². The molecule has 0 spiro atoms. The van der Waals surface area contributed by atoms with Crippen LogP contribution in [-0.2, 0) is 9.84 Å². The lowest BCUT2D eigenvalue weighted by Crippen LogP contribution is -2.37. The molecule has 0 bridgehead atoms. The van der Waals surface area contributed by atoms with E-state index in [0.717, 1.165) is 25.7 Å². The Labute approximate surface area is 108 Å². The Morgan fingerprint density at radius 2 is 1.94 bits per heavy atom. The van der Waals surface area contributed by atoms with Gasteiger partial charge in [0.25, 0.3) is 0 Å². The second-order valence-corrected chi connectivity index (χ2v) is 7.25. The SMILES string of the molecule is NCCCCCCN1C(=O)N[C@@H]2CS(=O)(=O)C[C@H]21. The summed E-state index contributed by atoms with van der Waals surface area (Å²) >= 11 is 0. The van der Waals surface area contributed by atoms with Crippen LogP contribution < -0.4 is 11.1 Å². The first-order valence-corrected chi connectivity index (χ1v) is 8.33. The first-order valence-electron chi connectivity index (χ1n) is 6.51. The number of sulfone groups is 1. The molecule has 6 nitrogen and oxygen atoms in total. The van der Waals surface area contributed by atoms with Crippen molar-refractivity contribution in [1.29, 1.82) is 0 Å². The fourth-order valence-corrected chi connectivity index (χ4v) is 4.63. The van der Waals surface area contributed by atoms with Crippen LogP contribution in [0, 0.1) is 0 Å². The number of nitrogens with one attached hydrogen (secondary N) is 1. The van der Waals surface area contributed by atoms with Crippen LogP contribution in [0.25, 0.3) is 0 Å². The first kappa shape index (κ1) is 13.6. The van der Waals surface area contributed by atoms with Crippen molar-refractivity contribution in [1.82, 2.24) is 10.2 Å². The summed E-state index contributed by atoms with van der Waals surface area (Å²) in [6.07, 6.45) is 4.02. The number of amides is 2. The largest absolute Gasteiger partial charge is 0.332 e. The maximum absolute atomic E-state index is 11.7.